The topological polar surface area (TPSA) is 46.2 Å². The molecule has 1 N–H and O–H groups in total. The fraction of sp³-hybridized carbons (Fsp3) is 0.429. The number of carbonyl (C=O) groups is 2. The summed E-state index contributed by atoms with van der Waals surface area (Å²) in [4.78, 5) is 22.8. The smallest absolute Gasteiger partial charge is 0.225 e. The molecule has 3 nitrogen and oxygen atoms in total. The molecule has 0 saturated heterocycles. The Labute approximate surface area is 102 Å². The maximum Gasteiger partial charge on any atom is 0.225 e. The van der Waals surface area contributed by atoms with Gasteiger partial charge in [-0.05, 0) is 18.9 Å². The van der Waals surface area contributed by atoms with Crippen molar-refractivity contribution in [3.63, 3.8) is 0 Å². The van der Waals surface area contributed by atoms with Gasteiger partial charge in [0.25, 0.3) is 0 Å². The van der Waals surface area contributed by atoms with Crippen LogP contribution in [0.15, 0.2) is 24.3 Å². The summed E-state index contributed by atoms with van der Waals surface area (Å²) in [6, 6.07) is 7.41. The first-order chi connectivity index (χ1) is 7.86. The van der Waals surface area contributed by atoms with Gasteiger partial charge in [0.2, 0.25) is 5.91 Å². The van der Waals surface area contributed by atoms with Gasteiger partial charge >= 0.3 is 0 Å². The molecule has 3 heteroatoms. The Morgan fingerprint density at radius 3 is 2.12 bits per heavy atom. The zero-order valence-corrected chi connectivity index (χ0v) is 10.8. The highest BCUT2D eigenvalue weighted by Crippen LogP contribution is 2.22. The zero-order valence-electron chi connectivity index (χ0n) is 10.8. The average Bonchev–Trinajstić information content (AvgIpc) is 2.28. The van der Waals surface area contributed by atoms with Crippen molar-refractivity contribution in [2.45, 2.75) is 27.2 Å². The molecule has 0 aliphatic rings. The quantitative estimate of drug-likeness (QED) is 0.810. The van der Waals surface area contributed by atoms with E-state index in [0.717, 1.165) is 5.56 Å². The summed E-state index contributed by atoms with van der Waals surface area (Å²) in [5, 5.41) is 2.66. The van der Waals surface area contributed by atoms with Crippen LogP contribution in [-0.4, -0.2) is 18.7 Å². The highest BCUT2D eigenvalue weighted by atomic mass is 16.2. The summed E-state index contributed by atoms with van der Waals surface area (Å²) in [5.74, 6) is 0.0789. The van der Waals surface area contributed by atoms with E-state index in [1.54, 1.807) is 26.1 Å². The lowest BCUT2D eigenvalue weighted by Crippen LogP contribution is -2.36. The third-order valence-electron chi connectivity index (χ3n) is 2.85. The lowest BCUT2D eigenvalue weighted by atomic mass is 9.84. The first-order valence-electron chi connectivity index (χ1n) is 5.69. The van der Waals surface area contributed by atoms with E-state index < -0.39 is 5.41 Å². The molecule has 0 radical (unpaired) electrons. The molecule has 0 aliphatic carbocycles. The average molecular weight is 233 g/mol. The monoisotopic (exact) mass is 233 g/mol. The molecule has 17 heavy (non-hydrogen) atoms. The Morgan fingerprint density at radius 2 is 1.71 bits per heavy atom. The molecule has 1 rings (SSSR count). The van der Waals surface area contributed by atoms with Gasteiger partial charge in [0, 0.05) is 18.0 Å². The molecule has 0 saturated carbocycles. The Hall–Kier alpha value is -1.64. The van der Waals surface area contributed by atoms with Crippen LogP contribution < -0.4 is 5.32 Å². The number of benzene rings is 1. The summed E-state index contributed by atoms with van der Waals surface area (Å²) in [5.41, 5.74) is 1.32. The van der Waals surface area contributed by atoms with Crippen LogP contribution >= 0.6 is 0 Å². The van der Waals surface area contributed by atoms with Gasteiger partial charge in [0.1, 0.15) is 0 Å². The van der Waals surface area contributed by atoms with Crippen molar-refractivity contribution < 1.29 is 9.59 Å². The summed E-state index contributed by atoms with van der Waals surface area (Å²) in [7, 11) is 1.64. The van der Waals surface area contributed by atoms with Gasteiger partial charge in [-0.1, -0.05) is 38.1 Å². The van der Waals surface area contributed by atoms with E-state index in [1.807, 2.05) is 26.0 Å². The molecule has 0 atom stereocenters. The van der Waals surface area contributed by atoms with Crippen LogP contribution in [0.3, 0.4) is 0 Å². The standard InChI is InChI=1S/C14H19NO2/c1-10(16)12-7-5-11(6-8-12)9-14(2,3)13(17)15-4/h5-8H,9H2,1-4H3,(H,15,17). The largest absolute Gasteiger partial charge is 0.359 e. The Kier molecular flexibility index (Phi) is 4.05. The van der Waals surface area contributed by atoms with Crippen LogP contribution in [0.25, 0.3) is 0 Å². The van der Waals surface area contributed by atoms with Crippen LogP contribution in [0.4, 0.5) is 0 Å². The lowest BCUT2D eigenvalue weighted by Gasteiger charge is -2.22. The fourth-order valence-corrected chi connectivity index (χ4v) is 1.79. The van der Waals surface area contributed by atoms with E-state index in [4.69, 9.17) is 0 Å². The maximum atomic E-state index is 11.6. The van der Waals surface area contributed by atoms with Crippen molar-refractivity contribution in [2.24, 2.45) is 5.41 Å². The Balaban J connectivity index is 2.82. The Morgan fingerprint density at radius 1 is 1.18 bits per heavy atom. The predicted octanol–water partition coefficient (Wildman–Crippen LogP) is 2.20. The SMILES string of the molecule is CNC(=O)C(C)(C)Cc1ccc(C(C)=O)cc1. The normalized spacial score (nSPS) is 11.1. The van der Waals surface area contributed by atoms with E-state index in [9.17, 15) is 9.59 Å². The van der Waals surface area contributed by atoms with Crippen LogP contribution in [-0.2, 0) is 11.2 Å². The molecule has 0 unspecified atom stereocenters. The summed E-state index contributed by atoms with van der Waals surface area (Å²) >= 11 is 0. The van der Waals surface area contributed by atoms with Gasteiger partial charge in [-0.25, -0.2) is 0 Å². The van der Waals surface area contributed by atoms with Gasteiger partial charge in [-0.3, -0.25) is 9.59 Å². The highest BCUT2D eigenvalue weighted by Gasteiger charge is 2.26. The van der Waals surface area contributed by atoms with Gasteiger partial charge in [0.15, 0.2) is 5.78 Å². The van der Waals surface area contributed by atoms with Crippen LogP contribution in [0.2, 0.25) is 0 Å². The number of hydrogen-bond acceptors (Lipinski definition) is 2. The van der Waals surface area contributed by atoms with Crippen molar-refractivity contribution in [3.8, 4) is 0 Å². The minimum atomic E-state index is -0.438. The molecule has 0 spiro atoms. The van der Waals surface area contributed by atoms with Crippen molar-refractivity contribution in [1.29, 1.82) is 0 Å². The number of ketones is 1. The van der Waals surface area contributed by atoms with Crippen LogP contribution in [0, 0.1) is 5.41 Å². The molecule has 0 heterocycles. The summed E-state index contributed by atoms with van der Waals surface area (Å²) < 4.78 is 0. The molecule has 0 aromatic heterocycles. The minimum absolute atomic E-state index is 0.0214. The van der Waals surface area contributed by atoms with Crippen molar-refractivity contribution in [1.82, 2.24) is 5.32 Å². The molecule has 0 fully saturated rings. The van der Waals surface area contributed by atoms with Crippen molar-refractivity contribution >= 4 is 11.7 Å². The molecular weight excluding hydrogens is 214 g/mol. The fourth-order valence-electron chi connectivity index (χ4n) is 1.79. The number of carbonyl (C=O) groups excluding carboxylic acids is 2. The van der Waals surface area contributed by atoms with Crippen LogP contribution in [0.1, 0.15) is 36.7 Å². The maximum absolute atomic E-state index is 11.6. The van der Waals surface area contributed by atoms with Gasteiger partial charge in [0.05, 0.1) is 0 Å². The number of amides is 1. The number of Topliss-reactive ketones (excluding diaryl/α,β-unsaturated/α-hetero) is 1. The molecule has 1 aromatic rings. The van der Waals surface area contributed by atoms with E-state index in [2.05, 4.69) is 5.32 Å². The first kappa shape index (κ1) is 13.4. The van der Waals surface area contributed by atoms with Crippen LogP contribution in [0.5, 0.6) is 0 Å². The lowest BCUT2D eigenvalue weighted by molar-refractivity contribution is -0.128. The number of nitrogens with one attached hydrogen (secondary N) is 1. The number of rotatable bonds is 4. The summed E-state index contributed by atoms with van der Waals surface area (Å²) in [6.45, 7) is 5.36. The molecule has 1 amide bonds. The van der Waals surface area contributed by atoms with Gasteiger partial charge < -0.3 is 5.32 Å². The molecule has 0 aliphatic heterocycles. The van der Waals surface area contributed by atoms with Gasteiger partial charge in [-0.2, -0.15) is 0 Å². The summed E-state index contributed by atoms with van der Waals surface area (Å²) in [6.07, 6.45) is 0.658. The van der Waals surface area contributed by atoms with E-state index in [0.29, 0.717) is 12.0 Å². The van der Waals surface area contributed by atoms with Gasteiger partial charge in [-0.15, -0.1) is 0 Å². The molecule has 0 bridgehead atoms. The molecular formula is C14H19NO2. The second-order valence-electron chi connectivity index (χ2n) is 4.89. The highest BCUT2D eigenvalue weighted by molar-refractivity contribution is 5.94. The zero-order chi connectivity index (χ0) is 13.1. The third kappa shape index (κ3) is 3.41. The molecule has 92 valence electrons. The Bertz CT molecular complexity index is 418. The molecule has 1 aromatic carbocycles. The predicted molar refractivity (Wildman–Crippen MR) is 68.0 cm³/mol. The second kappa shape index (κ2) is 5.13. The van der Waals surface area contributed by atoms with E-state index >= 15 is 0 Å². The van der Waals surface area contributed by atoms with Crippen molar-refractivity contribution in [3.05, 3.63) is 35.4 Å². The number of hydrogen-bond donors (Lipinski definition) is 1. The minimum Gasteiger partial charge on any atom is -0.359 e. The third-order valence-corrected chi connectivity index (χ3v) is 2.85. The first-order valence-corrected chi connectivity index (χ1v) is 5.69. The van der Waals surface area contributed by atoms with E-state index in [-0.39, 0.29) is 11.7 Å². The van der Waals surface area contributed by atoms with E-state index in [1.165, 1.54) is 0 Å². The van der Waals surface area contributed by atoms with Crippen molar-refractivity contribution in [2.75, 3.05) is 7.05 Å². The second-order valence-corrected chi connectivity index (χ2v) is 4.89.